The number of benzene rings is 2. The van der Waals surface area contributed by atoms with Gasteiger partial charge in [-0.3, -0.25) is 10.3 Å². The summed E-state index contributed by atoms with van der Waals surface area (Å²) >= 11 is 5.58. The number of methoxy groups -OCH3 is 1. The molecule has 1 aliphatic rings. The zero-order valence-corrected chi connectivity index (χ0v) is 23.6. The van der Waals surface area contributed by atoms with Gasteiger partial charge in [-0.2, -0.15) is 0 Å². The Morgan fingerprint density at radius 3 is 2.40 bits per heavy atom. The molecule has 0 aromatic heterocycles. The monoisotopic (exact) mass is 559 g/mol. The van der Waals surface area contributed by atoms with Crippen molar-refractivity contribution < 1.29 is 14.3 Å². The van der Waals surface area contributed by atoms with Crippen molar-refractivity contribution in [2.24, 2.45) is 4.99 Å². The summed E-state index contributed by atoms with van der Waals surface area (Å²) in [6.07, 6.45) is 2.55. The summed E-state index contributed by atoms with van der Waals surface area (Å²) in [5, 5.41) is 5.27. The predicted octanol–water partition coefficient (Wildman–Crippen LogP) is 6.70. The number of nitrogens with one attached hydrogen (secondary N) is 1. The molecular weight excluding hydrogens is 526 g/mol. The molecule has 188 valence electrons. The van der Waals surface area contributed by atoms with Crippen LogP contribution >= 0.6 is 27.7 Å². The lowest BCUT2D eigenvalue weighted by molar-refractivity contribution is 0.0546. The van der Waals surface area contributed by atoms with Gasteiger partial charge in [-0.25, -0.2) is 4.79 Å². The molecule has 1 heterocycles. The highest BCUT2D eigenvalue weighted by Crippen LogP contribution is 2.46. The SMILES string of the molecule is C/N=C(\NC(=O)OC(C)(C)C)N(Cc1ccc(OC)cc1)C(C)(c1ccccc1Br)C1CC=CS1. The molecule has 3 rings (SSSR count). The lowest BCUT2D eigenvalue weighted by Gasteiger charge is -2.47. The number of guanidine groups is 1. The van der Waals surface area contributed by atoms with E-state index in [1.165, 1.54) is 0 Å². The van der Waals surface area contributed by atoms with E-state index >= 15 is 0 Å². The van der Waals surface area contributed by atoms with Crippen molar-refractivity contribution in [3.05, 3.63) is 75.6 Å². The normalized spacial score (nSPS) is 17.6. The first-order chi connectivity index (χ1) is 16.6. The molecule has 2 aromatic rings. The van der Waals surface area contributed by atoms with Crippen molar-refractivity contribution in [1.82, 2.24) is 10.2 Å². The molecule has 0 spiro atoms. The topological polar surface area (TPSA) is 63.2 Å². The highest BCUT2D eigenvalue weighted by Gasteiger charge is 2.45. The maximum absolute atomic E-state index is 12.8. The lowest BCUT2D eigenvalue weighted by Crippen LogP contribution is -2.57. The van der Waals surface area contributed by atoms with E-state index in [1.54, 1.807) is 25.9 Å². The fourth-order valence-electron chi connectivity index (χ4n) is 4.12. The second-order valence-electron chi connectivity index (χ2n) is 9.47. The van der Waals surface area contributed by atoms with Gasteiger partial charge in [-0.05, 0) is 68.8 Å². The van der Waals surface area contributed by atoms with Crippen LogP contribution in [0.5, 0.6) is 5.75 Å². The molecule has 1 amide bonds. The highest BCUT2D eigenvalue weighted by atomic mass is 79.9. The van der Waals surface area contributed by atoms with Gasteiger partial charge in [0.05, 0.1) is 12.6 Å². The molecule has 2 atom stereocenters. The third-order valence-corrected chi connectivity index (χ3v) is 7.90. The number of nitrogens with zero attached hydrogens (tertiary/aromatic N) is 2. The number of hydrogen-bond donors (Lipinski definition) is 1. The Kier molecular flexibility index (Phi) is 8.94. The molecule has 0 fully saturated rings. The molecule has 0 saturated heterocycles. The van der Waals surface area contributed by atoms with E-state index in [2.05, 4.69) is 61.7 Å². The average Bonchev–Trinajstić information content (AvgIpc) is 3.36. The highest BCUT2D eigenvalue weighted by molar-refractivity contribution is 9.10. The van der Waals surface area contributed by atoms with E-state index in [4.69, 9.17) is 9.47 Å². The van der Waals surface area contributed by atoms with Gasteiger partial charge in [0.25, 0.3) is 0 Å². The zero-order valence-electron chi connectivity index (χ0n) is 21.2. The minimum atomic E-state index is -0.624. The van der Waals surface area contributed by atoms with Crippen LogP contribution < -0.4 is 10.1 Å². The van der Waals surface area contributed by atoms with Gasteiger partial charge >= 0.3 is 6.09 Å². The van der Waals surface area contributed by atoms with E-state index in [-0.39, 0.29) is 5.25 Å². The lowest BCUT2D eigenvalue weighted by atomic mass is 9.84. The molecule has 35 heavy (non-hydrogen) atoms. The van der Waals surface area contributed by atoms with Crippen LogP contribution in [0.2, 0.25) is 0 Å². The van der Waals surface area contributed by atoms with Crippen LogP contribution in [0.1, 0.15) is 45.2 Å². The van der Waals surface area contributed by atoms with Crippen molar-refractivity contribution in [3.63, 3.8) is 0 Å². The zero-order chi connectivity index (χ0) is 25.6. The minimum absolute atomic E-state index is 0.191. The minimum Gasteiger partial charge on any atom is -0.497 e. The molecule has 0 saturated carbocycles. The molecule has 0 radical (unpaired) electrons. The number of rotatable bonds is 6. The van der Waals surface area contributed by atoms with Crippen LogP contribution in [-0.4, -0.2) is 42.0 Å². The largest absolute Gasteiger partial charge is 0.497 e. The van der Waals surface area contributed by atoms with Crippen molar-refractivity contribution in [2.75, 3.05) is 14.2 Å². The van der Waals surface area contributed by atoms with Crippen molar-refractivity contribution in [2.45, 2.75) is 57.1 Å². The van der Waals surface area contributed by atoms with Crippen molar-refractivity contribution in [1.29, 1.82) is 0 Å². The second-order valence-corrected chi connectivity index (χ2v) is 11.4. The first-order valence-electron chi connectivity index (χ1n) is 11.5. The van der Waals surface area contributed by atoms with E-state index in [1.807, 2.05) is 57.2 Å². The quantitative estimate of drug-likeness (QED) is 0.315. The molecular formula is C27H34BrN3O3S. The van der Waals surface area contributed by atoms with Gasteiger partial charge in [0.15, 0.2) is 0 Å². The van der Waals surface area contributed by atoms with E-state index in [9.17, 15) is 4.79 Å². The Morgan fingerprint density at radius 1 is 1.17 bits per heavy atom. The molecule has 2 unspecified atom stereocenters. The van der Waals surface area contributed by atoms with Gasteiger partial charge in [-0.1, -0.05) is 52.3 Å². The first kappa shape index (κ1) is 27.1. The number of alkyl carbamates (subject to hydrolysis) is 1. The number of carbonyl (C=O) groups is 1. The summed E-state index contributed by atoms with van der Waals surface area (Å²) in [4.78, 5) is 19.5. The Balaban J connectivity index is 2.10. The standard InChI is InChI=1S/C27H34BrN3O3S/c1-26(2,3)34-25(32)30-24(29-5)31(18-19-13-15-20(33-6)16-14-19)27(4,23-12-9-17-35-23)21-10-7-8-11-22(21)28/h7-11,13-17,23H,12,18H2,1-6H3,(H,29,30,32). The summed E-state index contributed by atoms with van der Waals surface area (Å²) in [6, 6.07) is 16.2. The molecule has 0 bridgehead atoms. The maximum atomic E-state index is 12.8. The molecule has 1 N–H and O–H groups in total. The van der Waals surface area contributed by atoms with E-state index in [0.717, 1.165) is 27.8 Å². The third kappa shape index (κ3) is 6.61. The Labute approximate surface area is 221 Å². The molecule has 8 heteroatoms. The van der Waals surface area contributed by atoms with Crippen LogP contribution in [0, 0.1) is 0 Å². The van der Waals surface area contributed by atoms with Crippen LogP contribution in [-0.2, 0) is 16.8 Å². The average molecular weight is 561 g/mol. The van der Waals surface area contributed by atoms with Gasteiger partial charge in [0, 0.05) is 23.3 Å². The number of allylic oxidation sites excluding steroid dienone is 1. The number of aliphatic imine (C=N–C) groups is 1. The van der Waals surface area contributed by atoms with Crippen LogP contribution in [0.15, 0.2) is 69.5 Å². The Hall–Kier alpha value is -2.45. The van der Waals surface area contributed by atoms with Crippen molar-refractivity contribution >= 4 is 39.7 Å². The fourth-order valence-corrected chi connectivity index (χ4v) is 5.96. The molecule has 0 aliphatic carbocycles. The Morgan fingerprint density at radius 2 is 1.86 bits per heavy atom. The first-order valence-corrected chi connectivity index (χ1v) is 13.2. The van der Waals surface area contributed by atoms with E-state index < -0.39 is 17.2 Å². The predicted molar refractivity (Wildman–Crippen MR) is 148 cm³/mol. The molecule has 6 nitrogen and oxygen atoms in total. The molecule has 1 aliphatic heterocycles. The maximum Gasteiger partial charge on any atom is 0.414 e. The molecule has 2 aromatic carbocycles. The van der Waals surface area contributed by atoms with Crippen LogP contribution in [0.4, 0.5) is 4.79 Å². The van der Waals surface area contributed by atoms with Crippen molar-refractivity contribution in [3.8, 4) is 5.75 Å². The smallest absolute Gasteiger partial charge is 0.414 e. The van der Waals surface area contributed by atoms with Gasteiger partial charge < -0.3 is 14.4 Å². The summed E-state index contributed by atoms with van der Waals surface area (Å²) in [5.41, 5.74) is 1.02. The second kappa shape index (κ2) is 11.5. The van der Waals surface area contributed by atoms with Gasteiger partial charge in [0.2, 0.25) is 5.96 Å². The summed E-state index contributed by atoms with van der Waals surface area (Å²) < 4.78 is 11.9. The third-order valence-electron chi connectivity index (χ3n) is 5.88. The number of thioether (sulfide) groups is 1. The van der Waals surface area contributed by atoms with E-state index in [0.29, 0.717) is 12.5 Å². The summed E-state index contributed by atoms with van der Waals surface area (Å²) in [6.45, 7) is 8.26. The number of amides is 1. The number of ether oxygens (including phenoxy) is 2. The van der Waals surface area contributed by atoms with Gasteiger partial charge in [0.1, 0.15) is 11.4 Å². The van der Waals surface area contributed by atoms with Crippen LogP contribution in [0.25, 0.3) is 0 Å². The van der Waals surface area contributed by atoms with Crippen LogP contribution in [0.3, 0.4) is 0 Å². The summed E-state index contributed by atoms with van der Waals surface area (Å²) in [7, 11) is 3.34. The number of carbonyl (C=O) groups excluding carboxylic acids is 1. The fraction of sp³-hybridized carbons (Fsp3) is 0.407. The summed E-state index contributed by atoms with van der Waals surface area (Å²) in [5.74, 6) is 1.24. The Bertz CT molecular complexity index is 1070. The number of hydrogen-bond acceptors (Lipinski definition) is 5. The number of halogens is 1. The van der Waals surface area contributed by atoms with Gasteiger partial charge in [-0.15, -0.1) is 11.8 Å².